The Bertz CT molecular complexity index is 315. The van der Waals surface area contributed by atoms with Crippen molar-refractivity contribution in [2.45, 2.75) is 38.6 Å². The van der Waals surface area contributed by atoms with Gasteiger partial charge in [0.25, 0.3) is 0 Å². The Morgan fingerprint density at radius 2 is 2.20 bits per heavy atom. The Balaban J connectivity index is 1.86. The van der Waals surface area contributed by atoms with Crippen molar-refractivity contribution in [1.82, 2.24) is 5.32 Å². The minimum atomic E-state index is 0.741. The van der Waals surface area contributed by atoms with Gasteiger partial charge in [-0.25, -0.2) is 0 Å². The van der Waals surface area contributed by atoms with Crippen molar-refractivity contribution in [3.05, 3.63) is 35.4 Å². The zero-order valence-electron chi connectivity index (χ0n) is 9.79. The summed E-state index contributed by atoms with van der Waals surface area (Å²) in [5, 5.41) is 3.45. The normalized spacial score (nSPS) is 17.7. The van der Waals surface area contributed by atoms with Gasteiger partial charge >= 0.3 is 0 Å². The summed E-state index contributed by atoms with van der Waals surface area (Å²) < 4.78 is 0. The van der Waals surface area contributed by atoms with E-state index in [2.05, 4.69) is 43.6 Å². The average molecular weight is 203 g/mol. The smallest absolute Gasteiger partial charge is 0.00954 e. The maximum absolute atomic E-state index is 3.45. The van der Waals surface area contributed by atoms with E-state index in [-0.39, 0.29) is 0 Å². The van der Waals surface area contributed by atoms with Gasteiger partial charge in [0, 0.05) is 6.04 Å². The molecule has 0 saturated heterocycles. The predicted octanol–water partition coefficient (Wildman–Crippen LogP) is 2.93. The van der Waals surface area contributed by atoms with Crippen LogP contribution in [0, 0.1) is 12.8 Å². The fourth-order valence-corrected chi connectivity index (χ4v) is 2.30. The van der Waals surface area contributed by atoms with Gasteiger partial charge in [0.1, 0.15) is 0 Å². The number of hydrogen-bond donors (Lipinski definition) is 1. The van der Waals surface area contributed by atoms with Crippen LogP contribution in [0.4, 0.5) is 0 Å². The van der Waals surface area contributed by atoms with Crippen molar-refractivity contribution in [2.75, 3.05) is 7.05 Å². The second-order valence-corrected chi connectivity index (χ2v) is 4.76. The second-order valence-electron chi connectivity index (χ2n) is 4.76. The summed E-state index contributed by atoms with van der Waals surface area (Å²) >= 11 is 0. The van der Waals surface area contributed by atoms with Crippen LogP contribution in [-0.2, 0) is 6.42 Å². The molecular weight excluding hydrogens is 182 g/mol. The third-order valence-electron chi connectivity index (χ3n) is 3.39. The predicted molar refractivity (Wildman–Crippen MR) is 65.1 cm³/mol. The Morgan fingerprint density at radius 3 is 2.80 bits per heavy atom. The molecule has 1 unspecified atom stereocenters. The van der Waals surface area contributed by atoms with Gasteiger partial charge in [0.05, 0.1) is 0 Å². The number of benzene rings is 1. The molecule has 1 aliphatic rings. The molecule has 15 heavy (non-hydrogen) atoms. The molecule has 0 spiro atoms. The van der Waals surface area contributed by atoms with Crippen LogP contribution in [0.3, 0.4) is 0 Å². The molecule has 0 heterocycles. The van der Waals surface area contributed by atoms with Crippen LogP contribution in [0.1, 0.15) is 30.4 Å². The SMILES string of the molecule is CNC(CCc1cccc(C)c1)C1CC1. The van der Waals surface area contributed by atoms with Crippen molar-refractivity contribution in [3.8, 4) is 0 Å². The van der Waals surface area contributed by atoms with Gasteiger partial charge in [0.2, 0.25) is 0 Å². The van der Waals surface area contributed by atoms with Crippen LogP contribution in [0.15, 0.2) is 24.3 Å². The Kier molecular flexibility index (Phi) is 3.42. The van der Waals surface area contributed by atoms with Crippen LogP contribution in [0.25, 0.3) is 0 Å². The topological polar surface area (TPSA) is 12.0 Å². The molecule has 82 valence electrons. The van der Waals surface area contributed by atoms with Gasteiger partial charge in [-0.2, -0.15) is 0 Å². The van der Waals surface area contributed by atoms with E-state index in [9.17, 15) is 0 Å². The lowest BCUT2D eigenvalue weighted by Crippen LogP contribution is -2.27. The molecule has 0 aromatic heterocycles. The lowest BCUT2D eigenvalue weighted by Gasteiger charge is -2.15. The minimum absolute atomic E-state index is 0.741. The number of hydrogen-bond acceptors (Lipinski definition) is 1. The van der Waals surface area contributed by atoms with E-state index in [1.54, 1.807) is 0 Å². The first-order valence-corrected chi connectivity index (χ1v) is 6.02. The zero-order chi connectivity index (χ0) is 10.7. The van der Waals surface area contributed by atoms with E-state index in [4.69, 9.17) is 0 Å². The summed E-state index contributed by atoms with van der Waals surface area (Å²) in [5.41, 5.74) is 2.86. The van der Waals surface area contributed by atoms with Crippen LogP contribution in [-0.4, -0.2) is 13.1 Å². The fourth-order valence-electron chi connectivity index (χ4n) is 2.30. The van der Waals surface area contributed by atoms with Gasteiger partial charge < -0.3 is 5.32 Å². The highest BCUT2D eigenvalue weighted by atomic mass is 14.9. The van der Waals surface area contributed by atoms with Crippen molar-refractivity contribution >= 4 is 0 Å². The van der Waals surface area contributed by atoms with E-state index < -0.39 is 0 Å². The first-order chi connectivity index (χ1) is 7.29. The maximum atomic E-state index is 3.45. The van der Waals surface area contributed by atoms with E-state index in [1.165, 1.54) is 36.8 Å². The van der Waals surface area contributed by atoms with Crippen molar-refractivity contribution in [2.24, 2.45) is 5.92 Å². The molecule has 1 saturated carbocycles. The quantitative estimate of drug-likeness (QED) is 0.776. The molecule has 1 aromatic carbocycles. The molecule has 1 fully saturated rings. The van der Waals surface area contributed by atoms with Crippen LogP contribution < -0.4 is 5.32 Å². The molecule has 1 aromatic rings. The number of nitrogens with one attached hydrogen (secondary N) is 1. The molecule has 1 aliphatic carbocycles. The molecule has 1 nitrogen and oxygen atoms in total. The van der Waals surface area contributed by atoms with E-state index in [1.807, 2.05) is 0 Å². The average Bonchev–Trinajstić information content (AvgIpc) is 3.03. The lowest BCUT2D eigenvalue weighted by atomic mass is 10.0. The molecule has 0 amide bonds. The van der Waals surface area contributed by atoms with Crippen molar-refractivity contribution in [1.29, 1.82) is 0 Å². The number of rotatable bonds is 5. The Labute approximate surface area is 92.9 Å². The van der Waals surface area contributed by atoms with Crippen molar-refractivity contribution < 1.29 is 0 Å². The van der Waals surface area contributed by atoms with Crippen molar-refractivity contribution in [3.63, 3.8) is 0 Å². The Hall–Kier alpha value is -0.820. The highest BCUT2D eigenvalue weighted by Crippen LogP contribution is 2.34. The summed E-state index contributed by atoms with van der Waals surface area (Å²) in [5.74, 6) is 0.958. The molecule has 0 bridgehead atoms. The highest BCUT2D eigenvalue weighted by molar-refractivity contribution is 5.22. The largest absolute Gasteiger partial charge is 0.317 e. The molecule has 1 heteroatoms. The zero-order valence-corrected chi connectivity index (χ0v) is 9.79. The summed E-state index contributed by atoms with van der Waals surface area (Å²) in [6, 6.07) is 9.62. The first kappa shape index (κ1) is 10.7. The standard InChI is InChI=1S/C14H21N/c1-11-4-3-5-12(10-11)6-9-14(15-2)13-7-8-13/h3-5,10,13-15H,6-9H2,1-2H3. The van der Waals surface area contributed by atoms with Crippen LogP contribution in [0.5, 0.6) is 0 Å². The van der Waals surface area contributed by atoms with Gasteiger partial charge in [0.15, 0.2) is 0 Å². The third kappa shape index (κ3) is 3.07. The molecule has 1 N–H and O–H groups in total. The van der Waals surface area contributed by atoms with Gasteiger partial charge in [-0.3, -0.25) is 0 Å². The van der Waals surface area contributed by atoms with E-state index in [0.29, 0.717) is 0 Å². The molecule has 0 radical (unpaired) electrons. The third-order valence-corrected chi connectivity index (χ3v) is 3.39. The Morgan fingerprint density at radius 1 is 1.40 bits per heavy atom. The maximum Gasteiger partial charge on any atom is 0.00954 e. The van der Waals surface area contributed by atoms with E-state index in [0.717, 1.165) is 12.0 Å². The minimum Gasteiger partial charge on any atom is -0.317 e. The molecule has 0 aliphatic heterocycles. The monoisotopic (exact) mass is 203 g/mol. The highest BCUT2D eigenvalue weighted by Gasteiger charge is 2.29. The molecule has 1 atom stereocenters. The second kappa shape index (κ2) is 4.80. The molecule has 2 rings (SSSR count). The first-order valence-electron chi connectivity index (χ1n) is 6.02. The summed E-state index contributed by atoms with van der Waals surface area (Å²) in [6.07, 6.45) is 5.35. The summed E-state index contributed by atoms with van der Waals surface area (Å²) in [4.78, 5) is 0. The van der Waals surface area contributed by atoms with Gasteiger partial charge in [-0.05, 0) is 51.1 Å². The summed E-state index contributed by atoms with van der Waals surface area (Å²) in [6.45, 7) is 2.17. The van der Waals surface area contributed by atoms with Gasteiger partial charge in [-0.1, -0.05) is 29.8 Å². The van der Waals surface area contributed by atoms with Crippen LogP contribution in [0.2, 0.25) is 0 Å². The lowest BCUT2D eigenvalue weighted by molar-refractivity contribution is 0.470. The van der Waals surface area contributed by atoms with Crippen LogP contribution >= 0.6 is 0 Å². The molecular formula is C14H21N. The van der Waals surface area contributed by atoms with Gasteiger partial charge in [-0.15, -0.1) is 0 Å². The van der Waals surface area contributed by atoms with E-state index >= 15 is 0 Å². The number of aryl methyl sites for hydroxylation is 2. The summed E-state index contributed by atoms with van der Waals surface area (Å²) in [7, 11) is 2.10. The fraction of sp³-hybridized carbons (Fsp3) is 0.571.